The molecular weight excluding hydrogens is 883 g/mol. The van der Waals surface area contributed by atoms with E-state index in [4.69, 9.17) is 0 Å². The molecule has 3 heteroatoms. The molecule has 9 aliphatic rings. The molecule has 6 aliphatic carbocycles. The Morgan fingerprint density at radius 3 is 1.68 bits per heavy atom. The summed E-state index contributed by atoms with van der Waals surface area (Å²) < 4.78 is 8.16. The Labute approximate surface area is 422 Å². The van der Waals surface area contributed by atoms with E-state index in [1.807, 2.05) is 0 Å². The second-order valence-electron chi connectivity index (χ2n) is 21.8. The summed E-state index contributed by atoms with van der Waals surface area (Å²) in [6.07, 6.45) is 16.5. The number of hydrogen-bond donors (Lipinski definition) is 0. The van der Waals surface area contributed by atoms with E-state index in [2.05, 4.69) is 257 Å². The molecule has 3 nitrogen and oxygen atoms in total. The van der Waals surface area contributed by atoms with Crippen molar-refractivity contribution in [3.63, 3.8) is 0 Å². The molecule has 10 aromatic rings. The van der Waals surface area contributed by atoms with E-state index in [0.29, 0.717) is 0 Å². The topological polar surface area (TPSA) is 11.6 Å². The molecule has 4 atom stereocenters. The first kappa shape index (κ1) is 37.7. The lowest BCUT2D eigenvalue weighted by molar-refractivity contribution is -0.731. The molecule has 3 aliphatic heterocycles. The summed E-state index contributed by atoms with van der Waals surface area (Å²) in [7, 11) is 0. The Morgan fingerprint density at radius 2 is 0.932 bits per heavy atom. The molecule has 0 N–H and O–H groups in total. The monoisotopic (exact) mass is 924 g/mol. The highest BCUT2D eigenvalue weighted by Gasteiger charge is 2.89. The third-order valence-corrected chi connectivity index (χ3v) is 18.9. The van der Waals surface area contributed by atoms with Crippen molar-refractivity contribution in [2.75, 3.05) is 0 Å². The van der Waals surface area contributed by atoms with Crippen molar-refractivity contribution < 1.29 is 13.7 Å². The van der Waals surface area contributed by atoms with Gasteiger partial charge in [0.1, 0.15) is 5.41 Å². The summed E-state index contributed by atoms with van der Waals surface area (Å²) in [4.78, 5) is 0. The molecule has 0 amide bonds. The first-order valence-corrected chi connectivity index (χ1v) is 25.9. The molecule has 0 radical (unpaired) electrons. The zero-order valence-corrected chi connectivity index (χ0v) is 39.6. The maximum atomic E-state index is 2.83. The van der Waals surface area contributed by atoms with Crippen molar-refractivity contribution >= 4 is 22.3 Å². The molecule has 1 fully saturated rings. The van der Waals surface area contributed by atoms with Crippen LogP contribution in [0.15, 0.2) is 249 Å². The maximum absolute atomic E-state index is 2.83. The lowest BCUT2D eigenvalue weighted by Gasteiger charge is -2.42. The van der Waals surface area contributed by atoms with Crippen molar-refractivity contribution in [1.29, 1.82) is 0 Å². The minimum Gasteiger partial charge on any atom is -0.184 e. The Bertz CT molecular complexity index is 4490. The second kappa shape index (κ2) is 12.3. The van der Waals surface area contributed by atoms with Gasteiger partial charge >= 0.3 is 0 Å². The minimum atomic E-state index is -0.811. The van der Waals surface area contributed by atoms with E-state index >= 15 is 0 Å². The molecule has 19 rings (SSSR count). The SMILES string of the molecule is C1=C2c3ccccc3-c3ccc4c(c3)C13C1=C5c6cc7ccc6-c6cccc[n+]6C25/C=C(/c2ccccc2-7)C25/C=C(/c6ccccc6-c6ccc(c(c6)C2)-c2cc(-c6ccccc6)cc[n+]25)C13[n+]1ccccc1-4. The van der Waals surface area contributed by atoms with Crippen LogP contribution in [0.25, 0.3) is 101 Å². The number of rotatable bonds is 1. The minimum absolute atomic E-state index is 0.567. The van der Waals surface area contributed by atoms with E-state index < -0.39 is 22.0 Å². The van der Waals surface area contributed by atoms with Crippen LogP contribution in [0.2, 0.25) is 0 Å². The van der Waals surface area contributed by atoms with Crippen LogP contribution in [0.5, 0.6) is 0 Å². The van der Waals surface area contributed by atoms with Crippen molar-refractivity contribution in [2.24, 2.45) is 0 Å². The third-order valence-electron chi connectivity index (χ3n) is 18.9. The number of hydrogen-bond acceptors (Lipinski definition) is 0. The van der Waals surface area contributed by atoms with Crippen LogP contribution in [0.1, 0.15) is 33.4 Å². The van der Waals surface area contributed by atoms with Gasteiger partial charge in [0.25, 0.3) is 0 Å². The van der Waals surface area contributed by atoms with Crippen molar-refractivity contribution in [1.82, 2.24) is 0 Å². The summed E-state index contributed by atoms with van der Waals surface area (Å²) in [5, 5.41) is 0. The number of nitrogens with zero attached hydrogens (tertiary/aromatic N) is 3. The van der Waals surface area contributed by atoms with Gasteiger partial charge in [0.15, 0.2) is 18.6 Å². The second-order valence-corrected chi connectivity index (χ2v) is 21.8. The Balaban J connectivity index is 1.13. The fraction of sp³-hybridized carbons (Fsp3) is 0.0714. The molecule has 7 aromatic carbocycles. The number of fused-ring (bicyclic) bond motifs is 18. The van der Waals surface area contributed by atoms with Crippen molar-refractivity contribution in [3.8, 4) is 78.3 Å². The first-order valence-electron chi connectivity index (χ1n) is 25.9. The molecule has 73 heavy (non-hydrogen) atoms. The van der Waals surface area contributed by atoms with Gasteiger partial charge in [0.05, 0.1) is 11.1 Å². The van der Waals surface area contributed by atoms with Gasteiger partial charge < -0.3 is 0 Å². The van der Waals surface area contributed by atoms with Crippen LogP contribution in [-0.2, 0) is 28.5 Å². The average molecular weight is 925 g/mol. The van der Waals surface area contributed by atoms with Crippen LogP contribution in [0.4, 0.5) is 0 Å². The lowest BCUT2D eigenvalue weighted by Crippen LogP contribution is -2.63. The summed E-state index contributed by atoms with van der Waals surface area (Å²) in [6, 6.07) is 80.0. The highest BCUT2D eigenvalue weighted by atomic mass is 15.2. The van der Waals surface area contributed by atoms with Crippen LogP contribution in [-0.4, -0.2) is 0 Å². The molecular formula is C70H42N3+3. The average Bonchev–Trinajstić information content (AvgIpc) is 4.09. The molecule has 6 heterocycles. The standard InChI is InChI=1S/C70H42N3/c1-2-14-42(15-3-1)43-30-33-71-64(37-43)51-27-24-44-34-47(51)38-67(71)39-61(54-21-9-6-16-48(44)54)70-66-65-57-35-45-25-28-55(57)62-22-10-12-31-72(62)69(65,41-59(67)52-19-7-4-17-49(45)52)60-40-68(66,70)58-36-46(50-18-5-8-20-53(50)60)26-29-56(58)63-23-11-13-32-73(63)70/h1-37,39-41H,38H2/q+3/b59-41-,61-39-. The van der Waals surface area contributed by atoms with E-state index in [9.17, 15) is 0 Å². The fourth-order valence-electron chi connectivity index (χ4n) is 16.2. The Kier molecular flexibility index (Phi) is 6.38. The van der Waals surface area contributed by atoms with Gasteiger partial charge in [0, 0.05) is 94.0 Å². The lowest BCUT2D eigenvalue weighted by atomic mass is 9.62. The Morgan fingerprint density at radius 1 is 0.329 bits per heavy atom. The summed E-state index contributed by atoms with van der Waals surface area (Å²) in [5.74, 6) is 0. The van der Waals surface area contributed by atoms with Crippen molar-refractivity contribution in [3.05, 3.63) is 282 Å². The van der Waals surface area contributed by atoms with Gasteiger partial charge in [-0.1, -0.05) is 127 Å². The molecule has 0 saturated heterocycles. The van der Waals surface area contributed by atoms with Gasteiger partial charge in [-0.15, -0.1) is 0 Å². The van der Waals surface area contributed by atoms with Crippen LogP contribution in [0, 0.1) is 0 Å². The number of benzene rings is 7. The van der Waals surface area contributed by atoms with Gasteiger partial charge in [0.2, 0.25) is 33.7 Å². The smallest absolute Gasteiger partial charge is 0.184 e. The number of aromatic nitrogens is 3. The van der Waals surface area contributed by atoms with Crippen LogP contribution in [0.3, 0.4) is 0 Å². The highest BCUT2D eigenvalue weighted by molar-refractivity contribution is 6.13. The van der Waals surface area contributed by atoms with Gasteiger partial charge in [-0.2, -0.15) is 13.7 Å². The number of allylic oxidation sites excluding steroid dienone is 8. The number of pyridine rings is 3. The van der Waals surface area contributed by atoms with Gasteiger partial charge in [-0.25, -0.2) is 0 Å². The zero-order valence-electron chi connectivity index (χ0n) is 39.6. The van der Waals surface area contributed by atoms with E-state index in [1.165, 1.54) is 140 Å². The molecule has 3 spiro atoms. The predicted octanol–water partition coefficient (Wildman–Crippen LogP) is 13.5. The normalized spacial score (nSPS) is 25.1. The van der Waals surface area contributed by atoms with Gasteiger partial charge in [-0.3, -0.25) is 0 Å². The third kappa shape index (κ3) is 4.03. The quantitative estimate of drug-likeness (QED) is 0.145. The van der Waals surface area contributed by atoms with E-state index in [1.54, 1.807) is 0 Å². The molecule has 3 aromatic heterocycles. The van der Waals surface area contributed by atoms with Gasteiger partial charge in [-0.05, 0) is 121 Å². The maximum Gasteiger partial charge on any atom is 0.239 e. The summed E-state index contributed by atoms with van der Waals surface area (Å²) in [6.45, 7) is 0. The molecule has 4 unspecified atom stereocenters. The molecule has 334 valence electrons. The van der Waals surface area contributed by atoms with Crippen molar-refractivity contribution in [2.45, 2.75) is 28.5 Å². The Hall–Kier alpha value is -9.05. The largest absolute Gasteiger partial charge is 0.239 e. The zero-order chi connectivity index (χ0) is 47.2. The molecule has 14 bridgehead atoms. The first-order chi connectivity index (χ1) is 36.1. The summed E-state index contributed by atoms with van der Waals surface area (Å²) in [5.41, 5.74) is 29.5. The van der Waals surface area contributed by atoms with E-state index in [0.717, 1.165) is 6.42 Å². The summed E-state index contributed by atoms with van der Waals surface area (Å²) >= 11 is 0. The van der Waals surface area contributed by atoms with E-state index in [-0.39, 0.29) is 0 Å². The van der Waals surface area contributed by atoms with Crippen LogP contribution >= 0.6 is 0 Å². The predicted molar refractivity (Wildman–Crippen MR) is 288 cm³/mol. The fourth-order valence-corrected chi connectivity index (χ4v) is 16.2. The van der Waals surface area contributed by atoms with Crippen LogP contribution < -0.4 is 13.7 Å². The molecule has 1 saturated carbocycles. The highest BCUT2D eigenvalue weighted by Crippen LogP contribution is 2.81.